The number of para-hydroxylation sites is 6. The van der Waals surface area contributed by atoms with E-state index in [1.54, 1.807) is 0 Å². The molecule has 0 atom stereocenters. The molecule has 4 aliphatic carbocycles. The zero-order chi connectivity index (χ0) is 78.3. The number of nitrogens with one attached hydrogen (secondary N) is 1. The molecule has 5 heteroatoms. The fourth-order valence-corrected chi connectivity index (χ4v) is 21.0. The molecule has 2 spiro atoms. The van der Waals surface area contributed by atoms with Gasteiger partial charge in [0.1, 0.15) is 23.0 Å². The van der Waals surface area contributed by atoms with Crippen LogP contribution in [-0.2, 0) is 21.7 Å². The van der Waals surface area contributed by atoms with Gasteiger partial charge in [-0.1, -0.05) is 367 Å². The first kappa shape index (κ1) is 71.9. The van der Waals surface area contributed by atoms with E-state index in [1.807, 2.05) is 0 Å². The highest BCUT2D eigenvalue weighted by atomic mass is 79.9. The summed E-state index contributed by atoms with van der Waals surface area (Å²) in [7, 11) is 0. The van der Waals surface area contributed by atoms with E-state index in [-0.39, 0.29) is 18.3 Å². The molecule has 18 aromatic rings. The Hall–Kier alpha value is -13.8. The average Bonchev–Trinajstić information content (AvgIpc) is 1.50. The summed E-state index contributed by atoms with van der Waals surface area (Å²) in [5.74, 6) is 3.64. The number of hydrogen-bond acceptors (Lipinski definition) is 4. The van der Waals surface area contributed by atoms with Gasteiger partial charge < -0.3 is 19.7 Å². The number of anilines is 5. The summed E-state index contributed by atoms with van der Waals surface area (Å²) < 4.78 is 14.2. The lowest BCUT2D eigenvalue weighted by atomic mass is 9.66. The van der Waals surface area contributed by atoms with E-state index < -0.39 is 10.8 Å². The molecule has 2 aliphatic heterocycles. The molecule has 0 saturated heterocycles. The topological polar surface area (TPSA) is 33.7 Å². The number of halogens is 1. The molecule has 0 amide bonds. The van der Waals surface area contributed by atoms with Gasteiger partial charge in [0.15, 0.2) is 0 Å². The molecule has 4 nitrogen and oxygen atoms in total. The minimum absolute atomic E-state index is 0. The van der Waals surface area contributed by atoms with Crippen LogP contribution in [-0.4, -0.2) is 0 Å². The smallest absolute Gasteiger partial charge is 0.132 e. The molecule has 0 unspecified atom stereocenters. The van der Waals surface area contributed by atoms with Crippen LogP contribution in [0.2, 0.25) is 0 Å². The predicted molar refractivity (Wildman–Crippen MR) is 494 cm³/mol. The largest absolute Gasteiger partial charge is 0.457 e. The van der Waals surface area contributed by atoms with Crippen LogP contribution in [0.5, 0.6) is 23.0 Å². The van der Waals surface area contributed by atoms with Gasteiger partial charge in [-0.15, -0.1) is 0 Å². The van der Waals surface area contributed by atoms with Crippen LogP contribution in [0.15, 0.2) is 405 Å². The van der Waals surface area contributed by atoms with Crippen LogP contribution in [0.4, 0.5) is 28.4 Å². The van der Waals surface area contributed by atoms with Crippen molar-refractivity contribution in [1.29, 1.82) is 0 Å². The molecule has 18 aromatic carbocycles. The van der Waals surface area contributed by atoms with Crippen molar-refractivity contribution in [3.05, 3.63) is 472 Å². The Balaban J connectivity index is 0.000000121. The number of fused-ring (bicyclic) bond motifs is 28. The summed E-state index contributed by atoms with van der Waals surface area (Å²) in [6.07, 6.45) is 0. The fraction of sp³-hybridized carbons (Fsp3) is 0.0796. The first-order chi connectivity index (χ1) is 57.5. The Bertz CT molecular complexity index is 7000. The summed E-state index contributed by atoms with van der Waals surface area (Å²) in [6, 6.07) is 145. The minimum atomic E-state index is -0.609. The Morgan fingerprint density at radius 2 is 0.627 bits per heavy atom. The maximum absolute atomic E-state index is 6.74. The van der Waals surface area contributed by atoms with Gasteiger partial charge in [-0.05, 0) is 207 Å². The highest BCUT2D eigenvalue weighted by Crippen LogP contribution is 2.66. The lowest BCUT2D eigenvalue weighted by Gasteiger charge is -2.39. The van der Waals surface area contributed by atoms with E-state index in [1.165, 1.54) is 144 Å². The van der Waals surface area contributed by atoms with E-state index in [0.717, 1.165) is 67.0 Å². The van der Waals surface area contributed by atoms with Crippen molar-refractivity contribution in [1.82, 2.24) is 0 Å². The number of ether oxygens (including phenoxy) is 2. The second-order valence-corrected chi connectivity index (χ2v) is 33.5. The maximum Gasteiger partial charge on any atom is 0.132 e. The first-order valence-corrected chi connectivity index (χ1v) is 41.3. The van der Waals surface area contributed by atoms with Crippen molar-refractivity contribution in [3.63, 3.8) is 0 Å². The minimum Gasteiger partial charge on any atom is -0.457 e. The number of rotatable bonds is 7. The molecule has 0 radical (unpaired) electrons. The van der Waals surface area contributed by atoms with Crippen LogP contribution >= 0.6 is 15.9 Å². The van der Waals surface area contributed by atoms with Gasteiger partial charge in [0.05, 0.1) is 16.5 Å². The molecule has 564 valence electrons. The molecular formula is C113H83BrN2O2. The highest BCUT2D eigenvalue weighted by Gasteiger charge is 2.54. The Labute approximate surface area is 698 Å². The van der Waals surface area contributed by atoms with Gasteiger partial charge >= 0.3 is 0 Å². The quantitative estimate of drug-likeness (QED) is 0.172. The molecule has 24 rings (SSSR count). The van der Waals surface area contributed by atoms with E-state index in [9.17, 15) is 0 Å². The van der Waals surface area contributed by atoms with Crippen LogP contribution in [0, 0.1) is 0 Å². The number of hydrogen-bond donors (Lipinski definition) is 1. The Kier molecular flexibility index (Phi) is 17.1. The van der Waals surface area contributed by atoms with Crippen LogP contribution in [0.3, 0.4) is 0 Å². The molecule has 1 N–H and O–H groups in total. The van der Waals surface area contributed by atoms with Crippen molar-refractivity contribution in [2.45, 2.75) is 56.8 Å². The normalized spacial score (nSPS) is 14.1. The molecule has 0 saturated carbocycles. The average molecular weight is 1580 g/mol. The van der Waals surface area contributed by atoms with Gasteiger partial charge in [0, 0.05) is 71.4 Å². The number of nitrogens with zero attached hydrogens (tertiary/aromatic N) is 1. The fourth-order valence-electron chi connectivity index (χ4n) is 20.6. The monoisotopic (exact) mass is 1580 g/mol. The standard InChI is InChI=1S/C56H39NO.C29H17BrO.C27H23N.CH4/c1-55(2)45-22-10-8-21-42(45)43-31-29-38(34-49(43)55)57(51-25-13-9-19-40(51)36-16-4-3-5-17-36)39-30-32-44-50(35-39)56(48-33-28-37-18-6-7-20-41(37)54(44)48)46-23-11-14-26-52(46)58-53-27-15-12-24-47(53)56;30-19-14-15-21-25(17-19)29(24-16-13-18-7-1-2-8-20(18)28(21)24)22-9-3-5-11-26(22)31-27-12-6-4-10-23(27)29;1-27(2)24-14-8-6-13-22(24)23-17-16-20(18-25(23)27)28-26-15-9-7-12-21(26)19-10-4-3-5-11-19;/h3-35H,1-2H3;1-17H;3-18,28H,1-2H3;1H4. The zero-order valence-electron chi connectivity index (χ0n) is 65.2. The summed E-state index contributed by atoms with van der Waals surface area (Å²) in [4.78, 5) is 2.49. The van der Waals surface area contributed by atoms with Gasteiger partial charge in [-0.25, -0.2) is 0 Å². The molecular weight excluding hydrogens is 1500 g/mol. The highest BCUT2D eigenvalue weighted by molar-refractivity contribution is 9.10. The third-order valence-corrected chi connectivity index (χ3v) is 26.3. The first-order valence-electron chi connectivity index (χ1n) is 40.5. The predicted octanol–water partition coefficient (Wildman–Crippen LogP) is 30.9. The van der Waals surface area contributed by atoms with Crippen LogP contribution in [0.1, 0.15) is 102 Å². The SMILES string of the molecule is Brc1ccc2c(c1)C1(c3ccccc3Oc3ccccc31)c1ccc3ccccc3c1-2.C.CC1(C)c2ccccc2-c2ccc(N(c3ccc4c(c3)C3(c5ccccc5Oc5ccccc53)c3ccc5ccccc5c3-4)c3ccccc3-c3ccccc3)cc21.CC1(C)c2ccccc2-c2ccc(Nc3ccccc3-c3ccccc3)cc21. The lowest BCUT2D eigenvalue weighted by Crippen LogP contribution is -2.32. The second-order valence-electron chi connectivity index (χ2n) is 32.6. The van der Waals surface area contributed by atoms with E-state index in [0.29, 0.717) is 0 Å². The van der Waals surface area contributed by atoms with Gasteiger partial charge in [-0.3, -0.25) is 0 Å². The van der Waals surface area contributed by atoms with Crippen molar-refractivity contribution in [3.8, 4) is 89.8 Å². The zero-order valence-corrected chi connectivity index (χ0v) is 66.8. The number of benzene rings is 18. The van der Waals surface area contributed by atoms with Crippen molar-refractivity contribution >= 4 is 65.9 Å². The summed E-state index contributed by atoms with van der Waals surface area (Å²) in [6.45, 7) is 9.37. The van der Waals surface area contributed by atoms with E-state index in [4.69, 9.17) is 9.47 Å². The van der Waals surface area contributed by atoms with Gasteiger partial charge in [-0.2, -0.15) is 0 Å². The summed E-state index contributed by atoms with van der Waals surface area (Å²) in [5, 5.41) is 8.72. The molecule has 6 aliphatic rings. The third-order valence-electron chi connectivity index (χ3n) is 25.8. The van der Waals surface area contributed by atoms with Crippen molar-refractivity contribution < 1.29 is 9.47 Å². The Morgan fingerprint density at radius 3 is 1.14 bits per heavy atom. The van der Waals surface area contributed by atoms with Gasteiger partial charge in [0.25, 0.3) is 0 Å². The molecule has 0 bridgehead atoms. The van der Waals surface area contributed by atoms with E-state index >= 15 is 0 Å². The van der Waals surface area contributed by atoms with E-state index in [2.05, 4.69) is 454 Å². The molecule has 0 aromatic heterocycles. The summed E-state index contributed by atoms with van der Waals surface area (Å²) >= 11 is 3.76. The second kappa shape index (κ2) is 28.0. The molecule has 118 heavy (non-hydrogen) atoms. The molecule has 0 fully saturated rings. The van der Waals surface area contributed by atoms with Crippen molar-refractivity contribution in [2.24, 2.45) is 0 Å². The lowest BCUT2D eigenvalue weighted by molar-refractivity contribution is 0.436. The maximum atomic E-state index is 6.74. The van der Waals surface area contributed by atoms with Gasteiger partial charge in [0.2, 0.25) is 0 Å². The third kappa shape index (κ3) is 10.9. The molecule has 2 heterocycles. The van der Waals surface area contributed by atoms with Crippen LogP contribution < -0.4 is 19.7 Å². The van der Waals surface area contributed by atoms with Crippen molar-refractivity contribution in [2.75, 3.05) is 10.2 Å². The van der Waals surface area contributed by atoms with Crippen LogP contribution in [0.25, 0.3) is 88.3 Å². The summed E-state index contributed by atoms with van der Waals surface area (Å²) in [5.41, 5.74) is 35.2. The Morgan fingerprint density at radius 1 is 0.263 bits per heavy atom.